The minimum Gasteiger partial charge on any atom is -0.309 e. The summed E-state index contributed by atoms with van der Waals surface area (Å²) in [7, 11) is -6.56. The summed E-state index contributed by atoms with van der Waals surface area (Å²) in [5, 5.41) is 5.03. The second kappa shape index (κ2) is 10.0. The first-order chi connectivity index (χ1) is 20.1. The maximum Gasteiger partial charge on any atom is 0.208 e. The van der Waals surface area contributed by atoms with Crippen molar-refractivity contribution in [2.75, 3.05) is 4.90 Å². The molecule has 1 heterocycles. The van der Waals surface area contributed by atoms with E-state index in [1.54, 1.807) is 36.4 Å². The van der Waals surface area contributed by atoms with Crippen LogP contribution in [0.25, 0.3) is 0 Å². The second-order valence-corrected chi connectivity index (χ2v) is 15.8. The summed E-state index contributed by atoms with van der Waals surface area (Å²) in [5.74, 6) is 0. The molecule has 0 amide bonds. The van der Waals surface area contributed by atoms with Gasteiger partial charge in [0, 0.05) is 11.4 Å². The molecule has 198 valence electrons. The number of fused-ring (bicyclic) bond motifs is 2. The Morgan fingerprint density at radius 3 is 1.32 bits per heavy atom. The Labute approximate surface area is 241 Å². The molecule has 0 fully saturated rings. The molecule has 0 spiro atoms. The minimum atomic E-state index is -3.79. The van der Waals surface area contributed by atoms with Crippen molar-refractivity contribution < 1.29 is 8.42 Å². The molecule has 5 heteroatoms. The fourth-order valence-corrected chi connectivity index (χ4v) is 12.8. The van der Waals surface area contributed by atoms with Crippen LogP contribution < -0.4 is 25.6 Å². The lowest BCUT2D eigenvalue weighted by atomic mass is 10.1. The third-order valence-electron chi connectivity index (χ3n) is 7.96. The minimum absolute atomic E-state index is 0.281. The maximum absolute atomic E-state index is 14.1. The van der Waals surface area contributed by atoms with E-state index in [1.807, 2.05) is 30.3 Å². The number of anilines is 3. The first-order valence-electron chi connectivity index (χ1n) is 13.6. The van der Waals surface area contributed by atoms with E-state index in [9.17, 15) is 8.42 Å². The summed E-state index contributed by atoms with van der Waals surface area (Å²) in [4.78, 5) is 2.71. The average Bonchev–Trinajstić information content (AvgIpc) is 3.05. The number of nitrogens with zero attached hydrogens (tertiary/aromatic N) is 1. The van der Waals surface area contributed by atoms with Crippen LogP contribution in [0.2, 0.25) is 0 Å². The molecule has 0 aliphatic carbocycles. The molecule has 0 saturated heterocycles. The van der Waals surface area contributed by atoms with E-state index in [4.69, 9.17) is 0 Å². The largest absolute Gasteiger partial charge is 0.309 e. The Kier molecular flexibility index (Phi) is 6.19. The molecular formula is C36H27NO2SSi. The molecule has 1 aliphatic rings. The SMILES string of the molecule is O=S(=O)(c1ccccc1)c1ccccc1N1c2ccccc2[Si](c2ccccc2)(c2ccccc2)c2ccccc21. The van der Waals surface area contributed by atoms with E-state index in [0.29, 0.717) is 5.69 Å². The number of rotatable bonds is 5. The lowest BCUT2D eigenvalue weighted by Crippen LogP contribution is -2.77. The van der Waals surface area contributed by atoms with Crippen LogP contribution in [0.5, 0.6) is 0 Å². The van der Waals surface area contributed by atoms with Crippen molar-refractivity contribution in [3.8, 4) is 0 Å². The highest BCUT2D eigenvalue weighted by molar-refractivity contribution is 7.91. The monoisotopic (exact) mass is 565 g/mol. The van der Waals surface area contributed by atoms with Crippen molar-refractivity contribution in [3.05, 3.63) is 164 Å². The Morgan fingerprint density at radius 2 is 0.805 bits per heavy atom. The zero-order valence-electron chi connectivity index (χ0n) is 22.3. The molecule has 0 radical (unpaired) electrons. The van der Waals surface area contributed by atoms with Gasteiger partial charge in [-0.3, -0.25) is 0 Å². The lowest BCUT2D eigenvalue weighted by molar-refractivity contribution is 0.596. The van der Waals surface area contributed by atoms with Crippen LogP contribution in [-0.2, 0) is 9.84 Å². The second-order valence-electron chi connectivity index (χ2n) is 10.1. The van der Waals surface area contributed by atoms with Crippen molar-refractivity contribution >= 4 is 55.7 Å². The normalized spacial score (nSPS) is 13.7. The molecule has 0 unspecified atom stereocenters. The summed E-state index contributed by atoms with van der Waals surface area (Å²) in [6.07, 6.45) is 0. The number of para-hydroxylation sites is 3. The highest BCUT2D eigenvalue weighted by Crippen LogP contribution is 2.42. The fourth-order valence-electron chi connectivity index (χ4n) is 6.27. The number of benzene rings is 6. The molecule has 0 atom stereocenters. The number of sulfone groups is 1. The van der Waals surface area contributed by atoms with E-state index < -0.39 is 17.9 Å². The smallest absolute Gasteiger partial charge is 0.208 e. The summed E-state index contributed by atoms with van der Waals surface area (Å²) in [6.45, 7) is 0. The van der Waals surface area contributed by atoms with Crippen molar-refractivity contribution in [1.82, 2.24) is 0 Å². The van der Waals surface area contributed by atoms with Crippen LogP contribution in [0, 0.1) is 0 Å². The molecule has 6 aromatic carbocycles. The number of hydrogen-bond donors (Lipinski definition) is 0. The first kappa shape index (κ1) is 25.3. The van der Waals surface area contributed by atoms with E-state index in [0.717, 1.165) is 11.4 Å². The van der Waals surface area contributed by atoms with Crippen molar-refractivity contribution in [2.45, 2.75) is 9.79 Å². The molecule has 41 heavy (non-hydrogen) atoms. The highest BCUT2D eigenvalue weighted by Gasteiger charge is 2.49. The van der Waals surface area contributed by atoms with Crippen LogP contribution in [-0.4, -0.2) is 16.5 Å². The third kappa shape index (κ3) is 3.89. The van der Waals surface area contributed by atoms with Gasteiger partial charge < -0.3 is 4.90 Å². The van der Waals surface area contributed by atoms with E-state index in [-0.39, 0.29) is 9.79 Å². The van der Waals surface area contributed by atoms with E-state index in [2.05, 4.69) is 102 Å². The van der Waals surface area contributed by atoms with Gasteiger partial charge in [-0.25, -0.2) is 8.42 Å². The molecule has 0 aromatic heterocycles. The van der Waals surface area contributed by atoms with Crippen LogP contribution in [0.15, 0.2) is 174 Å². The standard InChI is InChI=1S/C36H27NO2SSi/c38-40(39,28-16-4-1-5-17-28)34-25-13-10-22-31(34)37-32-23-11-14-26-35(32)41(29-18-6-2-7-19-29,30-20-8-3-9-21-30)36-27-15-12-24-33(36)37/h1-27H. The molecule has 0 N–H and O–H groups in total. The third-order valence-corrected chi connectivity index (χ3v) is 14.6. The summed E-state index contributed by atoms with van der Waals surface area (Å²) in [6, 6.07) is 54.6. The molecular weight excluding hydrogens is 539 g/mol. The first-order valence-corrected chi connectivity index (χ1v) is 17.1. The van der Waals surface area contributed by atoms with Crippen LogP contribution >= 0.6 is 0 Å². The van der Waals surface area contributed by atoms with Gasteiger partial charge in [-0.2, -0.15) is 0 Å². The van der Waals surface area contributed by atoms with Gasteiger partial charge >= 0.3 is 0 Å². The average molecular weight is 566 g/mol. The Morgan fingerprint density at radius 1 is 0.415 bits per heavy atom. The van der Waals surface area contributed by atoms with E-state index in [1.165, 1.54) is 20.7 Å². The number of hydrogen-bond acceptors (Lipinski definition) is 3. The highest BCUT2D eigenvalue weighted by atomic mass is 32.2. The van der Waals surface area contributed by atoms with Gasteiger partial charge in [-0.1, -0.05) is 127 Å². The van der Waals surface area contributed by atoms with Gasteiger partial charge in [0.2, 0.25) is 9.84 Å². The molecule has 1 aliphatic heterocycles. The molecule has 0 bridgehead atoms. The van der Waals surface area contributed by atoms with Crippen LogP contribution in [0.4, 0.5) is 17.1 Å². The Balaban J connectivity index is 1.58. The topological polar surface area (TPSA) is 37.4 Å². The summed E-state index contributed by atoms with van der Waals surface area (Å²) < 4.78 is 28.1. The molecule has 0 saturated carbocycles. The van der Waals surface area contributed by atoms with Crippen LogP contribution in [0.1, 0.15) is 0 Å². The van der Waals surface area contributed by atoms with Gasteiger partial charge in [-0.15, -0.1) is 0 Å². The van der Waals surface area contributed by atoms with Gasteiger partial charge in [-0.05, 0) is 57.1 Å². The zero-order chi connectivity index (χ0) is 27.9. The van der Waals surface area contributed by atoms with Gasteiger partial charge in [0.25, 0.3) is 0 Å². The summed E-state index contributed by atoms with van der Waals surface area (Å²) >= 11 is 0. The summed E-state index contributed by atoms with van der Waals surface area (Å²) in [5.41, 5.74) is 2.64. The maximum atomic E-state index is 14.1. The fraction of sp³-hybridized carbons (Fsp3) is 0. The predicted molar refractivity (Wildman–Crippen MR) is 170 cm³/mol. The predicted octanol–water partition coefficient (Wildman–Crippen LogP) is 5.68. The van der Waals surface area contributed by atoms with Gasteiger partial charge in [0.15, 0.2) is 8.07 Å². The Bertz CT molecular complexity index is 1870. The lowest BCUT2D eigenvalue weighted by Gasteiger charge is -2.45. The zero-order valence-corrected chi connectivity index (χ0v) is 24.1. The van der Waals surface area contributed by atoms with E-state index >= 15 is 0 Å². The molecule has 3 nitrogen and oxygen atoms in total. The van der Waals surface area contributed by atoms with Crippen molar-refractivity contribution in [1.29, 1.82) is 0 Å². The quantitative estimate of drug-likeness (QED) is 0.252. The van der Waals surface area contributed by atoms with Crippen molar-refractivity contribution in [2.24, 2.45) is 0 Å². The van der Waals surface area contributed by atoms with Gasteiger partial charge in [0.1, 0.15) is 0 Å². The molecule has 6 aromatic rings. The molecule has 7 rings (SSSR count). The Hall–Kier alpha value is -4.71. The van der Waals surface area contributed by atoms with Gasteiger partial charge in [0.05, 0.1) is 15.5 Å². The van der Waals surface area contributed by atoms with Crippen molar-refractivity contribution in [3.63, 3.8) is 0 Å². The van der Waals surface area contributed by atoms with Crippen LogP contribution in [0.3, 0.4) is 0 Å².